The highest BCUT2D eigenvalue weighted by atomic mass is 16.5. The Labute approximate surface area is 208 Å². The lowest BCUT2D eigenvalue weighted by molar-refractivity contribution is -0.147. The number of aryl methyl sites for hydroxylation is 2. The van der Waals surface area contributed by atoms with Crippen molar-refractivity contribution in [3.63, 3.8) is 0 Å². The van der Waals surface area contributed by atoms with E-state index in [1.807, 2.05) is 75.4 Å². The quantitative estimate of drug-likeness (QED) is 0.368. The lowest BCUT2D eigenvalue weighted by Gasteiger charge is -2.13. The third-order valence-electron chi connectivity index (χ3n) is 5.77. The standard InChI is InChI=1S/C27H25N5O4/c1-17-9-11-20(12-10-17)27-31-30-24(36-27)13-14-25(34)35-16-23(33)29-26-22(15-28)18(2)19(3)32(26)21-7-5-4-6-8-21/h4-12H,13-14,16H2,1-3H3,(H,29,33). The molecule has 182 valence electrons. The minimum absolute atomic E-state index is 0.0230. The molecule has 4 aromatic rings. The number of amides is 1. The Bertz CT molecular complexity index is 1430. The molecule has 1 N–H and O–H groups in total. The molecule has 9 nitrogen and oxygen atoms in total. The first kappa shape index (κ1) is 24.4. The third-order valence-corrected chi connectivity index (χ3v) is 5.77. The van der Waals surface area contributed by atoms with E-state index in [0.29, 0.717) is 23.2 Å². The summed E-state index contributed by atoms with van der Waals surface area (Å²) in [6.45, 7) is 5.20. The van der Waals surface area contributed by atoms with Gasteiger partial charge < -0.3 is 14.5 Å². The van der Waals surface area contributed by atoms with Crippen LogP contribution in [0.15, 0.2) is 59.0 Å². The average Bonchev–Trinajstić information content (AvgIpc) is 3.45. The van der Waals surface area contributed by atoms with Crippen LogP contribution < -0.4 is 5.32 Å². The summed E-state index contributed by atoms with van der Waals surface area (Å²) in [5, 5.41) is 20.4. The molecule has 2 aromatic heterocycles. The number of nitriles is 1. The number of benzene rings is 2. The van der Waals surface area contributed by atoms with Crippen molar-refractivity contribution in [2.75, 3.05) is 11.9 Å². The summed E-state index contributed by atoms with van der Waals surface area (Å²) < 4.78 is 12.5. The number of carbonyl (C=O) groups excluding carboxylic acids is 2. The van der Waals surface area contributed by atoms with E-state index < -0.39 is 18.5 Å². The first-order valence-electron chi connectivity index (χ1n) is 11.4. The van der Waals surface area contributed by atoms with Crippen molar-refractivity contribution in [1.29, 1.82) is 5.26 Å². The van der Waals surface area contributed by atoms with Gasteiger partial charge in [0.1, 0.15) is 11.9 Å². The predicted octanol–water partition coefficient (Wildman–Crippen LogP) is 4.44. The Balaban J connectivity index is 1.34. The summed E-state index contributed by atoms with van der Waals surface area (Å²) in [6, 6.07) is 19.2. The van der Waals surface area contributed by atoms with Crippen LogP contribution in [0.3, 0.4) is 0 Å². The van der Waals surface area contributed by atoms with Gasteiger partial charge in [0.05, 0.1) is 12.0 Å². The molecule has 0 saturated carbocycles. The Hall–Kier alpha value is -4.71. The summed E-state index contributed by atoms with van der Waals surface area (Å²) in [7, 11) is 0. The molecule has 0 spiro atoms. The largest absolute Gasteiger partial charge is 0.456 e. The van der Waals surface area contributed by atoms with Crippen LogP contribution in [0.2, 0.25) is 0 Å². The molecule has 0 aliphatic carbocycles. The highest BCUT2D eigenvalue weighted by Gasteiger charge is 2.21. The lowest BCUT2D eigenvalue weighted by Crippen LogP contribution is -2.23. The molecule has 4 rings (SSSR count). The summed E-state index contributed by atoms with van der Waals surface area (Å²) in [5.74, 6) is -0.106. The number of hydrogen-bond donors (Lipinski definition) is 1. The van der Waals surface area contributed by atoms with Crippen molar-refractivity contribution in [2.45, 2.75) is 33.6 Å². The number of nitrogens with one attached hydrogen (secondary N) is 1. The molecule has 0 saturated heterocycles. The number of rotatable bonds is 8. The number of carbonyl (C=O) groups is 2. The van der Waals surface area contributed by atoms with Crippen LogP contribution in [0.4, 0.5) is 5.82 Å². The molecule has 36 heavy (non-hydrogen) atoms. The topological polar surface area (TPSA) is 123 Å². The van der Waals surface area contributed by atoms with Gasteiger partial charge in [0.25, 0.3) is 5.91 Å². The fourth-order valence-electron chi connectivity index (χ4n) is 3.72. The van der Waals surface area contributed by atoms with Gasteiger partial charge in [0, 0.05) is 23.4 Å². The normalized spacial score (nSPS) is 10.6. The molecular weight excluding hydrogens is 458 g/mol. The van der Waals surface area contributed by atoms with Crippen LogP contribution in [0.1, 0.15) is 34.7 Å². The van der Waals surface area contributed by atoms with Crippen molar-refractivity contribution >= 4 is 17.7 Å². The second-order valence-electron chi connectivity index (χ2n) is 8.29. The van der Waals surface area contributed by atoms with Crippen LogP contribution in [0.5, 0.6) is 0 Å². The first-order chi connectivity index (χ1) is 17.4. The zero-order valence-corrected chi connectivity index (χ0v) is 20.2. The maximum absolute atomic E-state index is 12.6. The van der Waals surface area contributed by atoms with Gasteiger partial charge in [-0.05, 0) is 50.6 Å². The third kappa shape index (κ3) is 5.33. The van der Waals surface area contributed by atoms with E-state index in [1.54, 1.807) is 4.57 Å². The Morgan fingerprint density at radius 1 is 1.06 bits per heavy atom. The van der Waals surface area contributed by atoms with Gasteiger partial charge in [-0.15, -0.1) is 10.2 Å². The number of ether oxygens (including phenoxy) is 1. The Morgan fingerprint density at radius 3 is 2.47 bits per heavy atom. The molecule has 0 unspecified atom stereocenters. The molecule has 0 aliphatic heterocycles. The van der Waals surface area contributed by atoms with Gasteiger partial charge in [-0.2, -0.15) is 5.26 Å². The number of anilines is 1. The average molecular weight is 484 g/mol. The molecule has 2 heterocycles. The lowest BCUT2D eigenvalue weighted by atomic mass is 10.1. The minimum atomic E-state index is -0.577. The summed E-state index contributed by atoms with van der Waals surface area (Å²) in [4.78, 5) is 24.8. The highest BCUT2D eigenvalue weighted by Crippen LogP contribution is 2.29. The second kappa shape index (κ2) is 10.7. The zero-order valence-electron chi connectivity index (χ0n) is 20.2. The van der Waals surface area contributed by atoms with Gasteiger partial charge in [0.2, 0.25) is 11.8 Å². The van der Waals surface area contributed by atoms with E-state index in [4.69, 9.17) is 9.15 Å². The highest BCUT2D eigenvalue weighted by molar-refractivity contribution is 5.94. The molecule has 0 atom stereocenters. The van der Waals surface area contributed by atoms with Gasteiger partial charge in [-0.25, -0.2) is 0 Å². The maximum atomic E-state index is 12.6. The molecule has 0 fully saturated rings. The van der Waals surface area contributed by atoms with Crippen molar-refractivity contribution in [3.8, 4) is 23.2 Å². The minimum Gasteiger partial charge on any atom is -0.456 e. The molecular formula is C27H25N5O4. The summed E-state index contributed by atoms with van der Waals surface area (Å²) in [6.07, 6.45) is 0.165. The van der Waals surface area contributed by atoms with Gasteiger partial charge in [-0.3, -0.25) is 14.2 Å². The zero-order chi connectivity index (χ0) is 25.7. The Kier molecular flexibility index (Phi) is 7.25. The van der Waals surface area contributed by atoms with E-state index in [9.17, 15) is 14.9 Å². The van der Waals surface area contributed by atoms with Gasteiger partial charge in [0.15, 0.2) is 6.61 Å². The van der Waals surface area contributed by atoms with Crippen molar-refractivity contribution in [1.82, 2.24) is 14.8 Å². The summed E-state index contributed by atoms with van der Waals surface area (Å²) in [5.41, 5.74) is 4.66. The monoisotopic (exact) mass is 483 g/mol. The molecule has 0 bridgehead atoms. The second-order valence-corrected chi connectivity index (χ2v) is 8.29. The van der Waals surface area contributed by atoms with Crippen molar-refractivity contribution in [2.24, 2.45) is 0 Å². The molecule has 2 aromatic carbocycles. The van der Waals surface area contributed by atoms with Crippen LogP contribution in [0, 0.1) is 32.1 Å². The van der Waals surface area contributed by atoms with Gasteiger partial charge >= 0.3 is 5.97 Å². The maximum Gasteiger partial charge on any atom is 0.306 e. The van der Waals surface area contributed by atoms with E-state index >= 15 is 0 Å². The molecule has 0 aliphatic rings. The summed E-state index contributed by atoms with van der Waals surface area (Å²) >= 11 is 0. The predicted molar refractivity (Wildman–Crippen MR) is 132 cm³/mol. The number of nitrogens with zero attached hydrogens (tertiary/aromatic N) is 4. The van der Waals surface area contributed by atoms with Crippen LogP contribution in [-0.2, 0) is 20.7 Å². The van der Waals surface area contributed by atoms with Crippen molar-refractivity contribution in [3.05, 3.63) is 82.9 Å². The number of hydrogen-bond acceptors (Lipinski definition) is 7. The number of esters is 1. The molecule has 9 heteroatoms. The smallest absolute Gasteiger partial charge is 0.306 e. The molecule has 1 amide bonds. The van der Waals surface area contributed by atoms with Crippen LogP contribution >= 0.6 is 0 Å². The number of para-hydroxylation sites is 1. The first-order valence-corrected chi connectivity index (χ1v) is 11.4. The van der Waals surface area contributed by atoms with E-state index in [1.165, 1.54) is 0 Å². The van der Waals surface area contributed by atoms with Gasteiger partial charge in [-0.1, -0.05) is 35.9 Å². The van der Waals surface area contributed by atoms with E-state index in [2.05, 4.69) is 21.6 Å². The van der Waals surface area contributed by atoms with Crippen LogP contribution in [-0.4, -0.2) is 33.2 Å². The SMILES string of the molecule is Cc1ccc(-c2nnc(CCC(=O)OCC(=O)Nc3c(C#N)c(C)c(C)n3-c3ccccc3)o2)cc1. The number of aromatic nitrogens is 3. The fourth-order valence-corrected chi connectivity index (χ4v) is 3.72. The molecule has 0 radical (unpaired) electrons. The van der Waals surface area contributed by atoms with E-state index in [-0.39, 0.29) is 12.8 Å². The Morgan fingerprint density at radius 2 is 1.78 bits per heavy atom. The fraction of sp³-hybridized carbons (Fsp3) is 0.222. The van der Waals surface area contributed by atoms with E-state index in [0.717, 1.165) is 28.1 Å². The van der Waals surface area contributed by atoms with Crippen LogP contribution in [0.25, 0.3) is 17.1 Å². The van der Waals surface area contributed by atoms with Crippen molar-refractivity contribution < 1.29 is 18.7 Å².